The summed E-state index contributed by atoms with van der Waals surface area (Å²) >= 11 is 0. The molecule has 3 heterocycles. The Balaban J connectivity index is 1.78. The molecule has 0 aliphatic heterocycles. The van der Waals surface area contributed by atoms with Crippen molar-refractivity contribution in [1.29, 1.82) is 0 Å². The fraction of sp³-hybridized carbons (Fsp3) is 0.120. The van der Waals surface area contributed by atoms with E-state index in [0.717, 1.165) is 4.57 Å². The van der Waals surface area contributed by atoms with E-state index >= 15 is 0 Å². The number of nitrogens with zero attached hydrogens (tertiary/aromatic N) is 4. The lowest BCUT2D eigenvalue weighted by atomic mass is 10.2. The van der Waals surface area contributed by atoms with Gasteiger partial charge in [0, 0.05) is 18.3 Å². The topological polar surface area (TPSA) is 96.8 Å². The van der Waals surface area contributed by atoms with Crippen molar-refractivity contribution in [3.63, 3.8) is 0 Å². The molecule has 0 atom stereocenters. The molecule has 0 aliphatic rings. The van der Waals surface area contributed by atoms with Crippen LogP contribution in [0.5, 0.6) is 11.5 Å². The molecule has 9 nitrogen and oxygen atoms in total. The highest BCUT2D eigenvalue weighted by Gasteiger charge is 2.18. The van der Waals surface area contributed by atoms with Crippen LogP contribution in [0.1, 0.15) is 5.69 Å². The Hall–Kier alpha value is -4.66. The fourth-order valence-corrected chi connectivity index (χ4v) is 4.00. The summed E-state index contributed by atoms with van der Waals surface area (Å²) in [6, 6.07) is 18.3. The third-order valence-corrected chi connectivity index (χ3v) is 5.62. The maximum absolute atomic E-state index is 13.7. The van der Waals surface area contributed by atoms with Crippen LogP contribution < -0.4 is 26.3 Å². The molecule has 170 valence electrons. The van der Waals surface area contributed by atoms with Crippen LogP contribution in [0, 0.1) is 0 Å². The minimum Gasteiger partial charge on any atom is -0.497 e. The van der Waals surface area contributed by atoms with Crippen LogP contribution in [-0.4, -0.2) is 32.7 Å². The minimum absolute atomic E-state index is 0.00126. The lowest BCUT2D eigenvalue weighted by Gasteiger charge is -2.16. The van der Waals surface area contributed by atoms with E-state index in [-0.39, 0.29) is 17.8 Å². The van der Waals surface area contributed by atoms with Crippen LogP contribution >= 0.6 is 0 Å². The van der Waals surface area contributed by atoms with Crippen molar-refractivity contribution in [3.8, 4) is 17.2 Å². The van der Waals surface area contributed by atoms with Crippen molar-refractivity contribution in [1.82, 2.24) is 18.5 Å². The summed E-state index contributed by atoms with van der Waals surface area (Å²) in [5, 5.41) is 0.345. The van der Waals surface area contributed by atoms with Gasteiger partial charge in [-0.25, -0.2) is 14.3 Å². The Morgan fingerprint density at radius 2 is 1.68 bits per heavy atom. The largest absolute Gasteiger partial charge is 0.497 e. The second-order valence-electron chi connectivity index (χ2n) is 7.58. The van der Waals surface area contributed by atoms with E-state index < -0.39 is 11.2 Å². The zero-order chi connectivity index (χ0) is 23.8. The van der Waals surface area contributed by atoms with Gasteiger partial charge in [-0.1, -0.05) is 18.2 Å². The fourth-order valence-electron chi connectivity index (χ4n) is 4.00. The molecular weight excluding hydrogens is 436 g/mol. The van der Waals surface area contributed by atoms with Gasteiger partial charge < -0.3 is 9.47 Å². The summed E-state index contributed by atoms with van der Waals surface area (Å²) in [6.07, 6.45) is 1.63. The van der Waals surface area contributed by atoms with Gasteiger partial charge in [-0.2, -0.15) is 0 Å². The maximum atomic E-state index is 13.7. The third-order valence-electron chi connectivity index (χ3n) is 5.62. The molecule has 0 radical (unpaired) electrons. The molecule has 0 fully saturated rings. The van der Waals surface area contributed by atoms with E-state index in [4.69, 9.17) is 9.47 Å². The zero-order valence-electron chi connectivity index (χ0n) is 18.5. The SMILES string of the molecule is COc1ccc(-n2c(=O)c3ccccc3n(Cc3cc(=O)n4ccccc4n3)c2=O)c(OC)c1. The molecule has 0 unspecified atom stereocenters. The quantitative estimate of drug-likeness (QED) is 0.402. The van der Waals surface area contributed by atoms with Crippen LogP contribution in [0.4, 0.5) is 0 Å². The Kier molecular flexibility index (Phi) is 5.21. The van der Waals surface area contributed by atoms with E-state index in [1.807, 2.05) is 0 Å². The molecule has 0 bridgehead atoms. The summed E-state index contributed by atoms with van der Waals surface area (Å²) in [4.78, 5) is 44.2. The predicted molar refractivity (Wildman–Crippen MR) is 127 cm³/mol. The van der Waals surface area contributed by atoms with E-state index in [9.17, 15) is 14.4 Å². The molecule has 5 aromatic rings. The van der Waals surface area contributed by atoms with Crippen LogP contribution in [-0.2, 0) is 6.54 Å². The molecule has 0 spiro atoms. The summed E-state index contributed by atoms with van der Waals surface area (Å²) in [6.45, 7) is -0.00126. The van der Waals surface area contributed by atoms with Crippen LogP contribution in [0.25, 0.3) is 22.2 Å². The Labute approximate surface area is 192 Å². The maximum Gasteiger partial charge on any atom is 0.336 e. The van der Waals surface area contributed by atoms with Crippen molar-refractivity contribution in [2.45, 2.75) is 6.54 Å². The van der Waals surface area contributed by atoms with Gasteiger partial charge in [-0.05, 0) is 36.4 Å². The van der Waals surface area contributed by atoms with Gasteiger partial charge in [0.1, 0.15) is 17.1 Å². The average Bonchev–Trinajstić information content (AvgIpc) is 2.87. The average molecular weight is 456 g/mol. The number of pyridine rings is 1. The lowest BCUT2D eigenvalue weighted by Crippen LogP contribution is -2.39. The molecule has 34 heavy (non-hydrogen) atoms. The molecule has 2 aromatic carbocycles. The van der Waals surface area contributed by atoms with Gasteiger partial charge in [-0.15, -0.1) is 0 Å². The summed E-state index contributed by atoms with van der Waals surface area (Å²) in [5.74, 6) is 0.832. The molecule has 9 heteroatoms. The predicted octanol–water partition coefficient (Wildman–Crippen LogP) is 2.23. The van der Waals surface area contributed by atoms with E-state index in [1.54, 1.807) is 66.9 Å². The smallest absolute Gasteiger partial charge is 0.336 e. The first-order valence-electron chi connectivity index (χ1n) is 10.5. The van der Waals surface area contributed by atoms with Gasteiger partial charge in [0.05, 0.1) is 43.0 Å². The summed E-state index contributed by atoms with van der Waals surface area (Å²) in [7, 11) is 2.97. The van der Waals surface area contributed by atoms with Crippen molar-refractivity contribution in [3.05, 3.63) is 110 Å². The van der Waals surface area contributed by atoms with Gasteiger partial charge in [0.15, 0.2) is 0 Å². The summed E-state index contributed by atoms with van der Waals surface area (Å²) < 4.78 is 14.6. The van der Waals surface area contributed by atoms with Gasteiger partial charge >= 0.3 is 5.69 Å². The van der Waals surface area contributed by atoms with E-state index in [1.165, 1.54) is 29.3 Å². The number of hydrogen-bond acceptors (Lipinski definition) is 6. The van der Waals surface area contributed by atoms with Crippen LogP contribution in [0.2, 0.25) is 0 Å². The molecule has 0 aliphatic carbocycles. The molecule has 3 aromatic heterocycles. The molecule has 0 saturated heterocycles. The second-order valence-corrected chi connectivity index (χ2v) is 7.58. The number of methoxy groups -OCH3 is 2. The van der Waals surface area contributed by atoms with Gasteiger partial charge in [0.2, 0.25) is 0 Å². The minimum atomic E-state index is -0.581. The highest BCUT2D eigenvalue weighted by molar-refractivity contribution is 5.78. The Bertz CT molecular complexity index is 1730. The first-order chi connectivity index (χ1) is 16.5. The Morgan fingerprint density at radius 1 is 0.882 bits per heavy atom. The third kappa shape index (κ3) is 3.43. The van der Waals surface area contributed by atoms with Crippen LogP contribution in [0.15, 0.2) is 87.3 Å². The van der Waals surface area contributed by atoms with Gasteiger partial charge in [-0.3, -0.25) is 18.6 Å². The molecule has 0 amide bonds. The first-order valence-corrected chi connectivity index (χ1v) is 10.5. The normalized spacial score (nSPS) is 11.1. The summed E-state index contributed by atoms with van der Waals surface area (Å²) in [5.41, 5.74) is 0.265. The standard InChI is InChI=1S/C25H20N4O5/c1-33-17-10-11-20(21(14-17)34-2)29-24(31)18-7-3-4-8-19(18)28(25(29)32)15-16-13-23(30)27-12-6-5-9-22(27)26-16/h3-14H,15H2,1-2H3. The first kappa shape index (κ1) is 21.2. The highest BCUT2D eigenvalue weighted by Crippen LogP contribution is 2.26. The van der Waals surface area contributed by atoms with Crippen molar-refractivity contribution >= 4 is 16.6 Å². The Morgan fingerprint density at radius 3 is 2.47 bits per heavy atom. The second kappa shape index (κ2) is 8.36. The number of ether oxygens (including phenoxy) is 2. The number of hydrogen-bond donors (Lipinski definition) is 0. The number of rotatable bonds is 5. The van der Waals surface area contributed by atoms with Crippen molar-refractivity contribution < 1.29 is 9.47 Å². The number of fused-ring (bicyclic) bond motifs is 2. The number of aromatic nitrogens is 4. The zero-order valence-corrected chi connectivity index (χ0v) is 18.5. The molecule has 0 N–H and O–H groups in total. The van der Waals surface area contributed by atoms with Gasteiger partial charge in [0.25, 0.3) is 11.1 Å². The van der Waals surface area contributed by atoms with E-state index in [2.05, 4.69) is 4.98 Å². The van der Waals surface area contributed by atoms with Crippen LogP contribution in [0.3, 0.4) is 0 Å². The van der Waals surface area contributed by atoms with E-state index in [0.29, 0.717) is 33.7 Å². The molecule has 5 rings (SSSR count). The monoisotopic (exact) mass is 456 g/mol. The highest BCUT2D eigenvalue weighted by atomic mass is 16.5. The molecular formula is C25H20N4O5. The van der Waals surface area contributed by atoms with Crippen molar-refractivity contribution in [2.24, 2.45) is 0 Å². The number of benzene rings is 2. The number of para-hydroxylation sites is 1. The molecule has 0 saturated carbocycles. The van der Waals surface area contributed by atoms with Crippen molar-refractivity contribution in [2.75, 3.05) is 14.2 Å². The lowest BCUT2D eigenvalue weighted by molar-refractivity contribution is 0.392.